The molecule has 105 valence electrons. The van der Waals surface area contributed by atoms with Gasteiger partial charge in [-0.2, -0.15) is 0 Å². The van der Waals surface area contributed by atoms with E-state index in [0.29, 0.717) is 12.0 Å². The summed E-state index contributed by atoms with van der Waals surface area (Å²) in [7, 11) is -3.68. The van der Waals surface area contributed by atoms with Crippen LogP contribution in [0.5, 0.6) is 0 Å². The molecule has 0 spiro atoms. The predicted octanol–water partition coefficient (Wildman–Crippen LogP) is -0.830. The van der Waals surface area contributed by atoms with E-state index in [1.165, 1.54) is 12.3 Å². The van der Waals surface area contributed by atoms with Gasteiger partial charge in [0.1, 0.15) is 0 Å². The van der Waals surface area contributed by atoms with Crippen molar-refractivity contribution in [2.75, 3.05) is 13.2 Å². The van der Waals surface area contributed by atoms with E-state index < -0.39 is 15.9 Å². The molecular formula is C11H16N3O4S. The van der Waals surface area contributed by atoms with Crippen molar-refractivity contribution >= 4 is 15.9 Å². The number of aliphatic hydroxyl groups excluding tert-OH is 1. The normalized spacial score (nSPS) is 11.4. The number of aliphatic hydroxyl groups is 1. The number of hydrogen-bond acceptors (Lipinski definition) is 5. The molecule has 0 fully saturated rings. The summed E-state index contributed by atoms with van der Waals surface area (Å²) in [6, 6.07) is 2.94. The van der Waals surface area contributed by atoms with Crippen LogP contribution in [0.25, 0.3) is 0 Å². The van der Waals surface area contributed by atoms with Crippen molar-refractivity contribution in [3.05, 3.63) is 30.3 Å². The lowest BCUT2D eigenvalue weighted by atomic mass is 10.1. The first-order chi connectivity index (χ1) is 8.95. The van der Waals surface area contributed by atoms with E-state index in [1.807, 2.05) is 0 Å². The molecule has 0 aliphatic heterocycles. The molecular weight excluding hydrogens is 270 g/mol. The van der Waals surface area contributed by atoms with E-state index in [0.717, 1.165) is 0 Å². The molecule has 1 aromatic heterocycles. The van der Waals surface area contributed by atoms with Crippen molar-refractivity contribution in [2.24, 2.45) is 5.73 Å². The summed E-state index contributed by atoms with van der Waals surface area (Å²) in [5.74, 6) is -0.392. The zero-order chi connectivity index (χ0) is 14.3. The van der Waals surface area contributed by atoms with Crippen LogP contribution in [-0.4, -0.2) is 37.6 Å². The number of amides is 1. The van der Waals surface area contributed by atoms with Gasteiger partial charge in [0.15, 0.2) is 5.03 Å². The Balaban J connectivity index is 2.63. The number of carbonyl (C=O) groups is 1. The van der Waals surface area contributed by atoms with Gasteiger partial charge in [0.05, 0.1) is 6.61 Å². The monoisotopic (exact) mass is 286 g/mol. The van der Waals surface area contributed by atoms with E-state index in [9.17, 15) is 13.2 Å². The maximum Gasteiger partial charge on any atom is 0.258 e. The summed E-state index contributed by atoms with van der Waals surface area (Å²) in [6.07, 6.45) is 3.85. The average molecular weight is 286 g/mol. The fourth-order valence-electron chi connectivity index (χ4n) is 1.31. The van der Waals surface area contributed by atoms with Crippen molar-refractivity contribution in [1.29, 1.82) is 0 Å². The van der Waals surface area contributed by atoms with Crippen LogP contribution in [0.15, 0.2) is 23.4 Å². The van der Waals surface area contributed by atoms with E-state index in [1.54, 1.807) is 12.5 Å². The quantitative estimate of drug-likeness (QED) is 0.575. The zero-order valence-electron chi connectivity index (χ0n) is 10.2. The third kappa shape index (κ3) is 5.33. The zero-order valence-corrected chi connectivity index (χ0v) is 11.1. The molecule has 1 aromatic rings. The third-order valence-electron chi connectivity index (χ3n) is 2.21. The number of carbonyl (C=O) groups excluding carboxylic acids is 1. The molecule has 0 unspecified atom stereocenters. The number of nitrogens with one attached hydrogen (secondary N) is 1. The van der Waals surface area contributed by atoms with Crippen molar-refractivity contribution in [1.82, 2.24) is 9.71 Å². The van der Waals surface area contributed by atoms with E-state index in [-0.39, 0.29) is 24.6 Å². The maximum atomic E-state index is 11.6. The van der Waals surface area contributed by atoms with Gasteiger partial charge in [0, 0.05) is 19.2 Å². The number of hydrogen-bond donors (Lipinski definition) is 3. The molecule has 8 heteroatoms. The highest BCUT2D eigenvalue weighted by Gasteiger charge is 2.14. The fraction of sp³-hybridized carbons (Fsp3) is 0.364. The Labute approximate surface area is 111 Å². The lowest BCUT2D eigenvalue weighted by Crippen LogP contribution is -2.27. The Morgan fingerprint density at radius 2 is 2.21 bits per heavy atom. The molecule has 0 atom stereocenters. The highest BCUT2D eigenvalue weighted by Crippen LogP contribution is 2.10. The minimum Gasteiger partial charge on any atom is -0.395 e. The summed E-state index contributed by atoms with van der Waals surface area (Å²) in [4.78, 5) is 14.4. The SMILES string of the molecule is NC(=O)CC[CH]c1ccc(S(=O)(=O)NCCO)nc1. The van der Waals surface area contributed by atoms with Crippen molar-refractivity contribution in [3.8, 4) is 0 Å². The topological polar surface area (TPSA) is 122 Å². The number of nitrogens with two attached hydrogens (primary N) is 1. The first-order valence-electron chi connectivity index (χ1n) is 5.64. The van der Waals surface area contributed by atoms with Crippen LogP contribution in [0.3, 0.4) is 0 Å². The summed E-state index contributed by atoms with van der Waals surface area (Å²) in [5, 5.41) is 8.45. The standard InChI is InChI=1S/C11H16N3O4S/c12-10(16)3-1-2-9-4-5-11(13-8-9)19(17,18)14-6-7-15/h2,4-5,8,14-15H,1,3,6-7H2,(H2,12,16). The van der Waals surface area contributed by atoms with Gasteiger partial charge in [-0.3, -0.25) is 4.79 Å². The highest BCUT2D eigenvalue weighted by atomic mass is 32.2. The Hall–Kier alpha value is -1.51. The van der Waals surface area contributed by atoms with Crippen LogP contribution >= 0.6 is 0 Å². The lowest BCUT2D eigenvalue weighted by Gasteiger charge is -2.05. The second-order valence-corrected chi connectivity index (χ2v) is 5.47. The van der Waals surface area contributed by atoms with Gasteiger partial charge >= 0.3 is 0 Å². The third-order valence-corrected chi connectivity index (χ3v) is 3.59. The van der Waals surface area contributed by atoms with Gasteiger partial charge in [0.25, 0.3) is 10.0 Å². The average Bonchev–Trinajstić information content (AvgIpc) is 2.37. The number of rotatable bonds is 8. The molecule has 19 heavy (non-hydrogen) atoms. The van der Waals surface area contributed by atoms with Gasteiger partial charge < -0.3 is 10.8 Å². The Bertz CT molecular complexity index is 513. The first kappa shape index (κ1) is 15.5. The molecule has 7 nitrogen and oxygen atoms in total. The number of sulfonamides is 1. The van der Waals surface area contributed by atoms with Crippen molar-refractivity contribution in [2.45, 2.75) is 17.9 Å². The van der Waals surface area contributed by atoms with Gasteiger partial charge in [-0.15, -0.1) is 0 Å². The molecule has 1 radical (unpaired) electrons. The summed E-state index contributed by atoms with van der Waals surface area (Å²) in [5.41, 5.74) is 5.71. The summed E-state index contributed by atoms with van der Waals surface area (Å²) < 4.78 is 25.5. The smallest absolute Gasteiger partial charge is 0.258 e. The minimum atomic E-state index is -3.68. The number of primary amides is 1. The minimum absolute atomic E-state index is 0.0590. The highest BCUT2D eigenvalue weighted by molar-refractivity contribution is 7.89. The summed E-state index contributed by atoms with van der Waals surface area (Å²) >= 11 is 0. The Morgan fingerprint density at radius 1 is 1.47 bits per heavy atom. The van der Waals surface area contributed by atoms with E-state index >= 15 is 0 Å². The molecule has 0 aliphatic rings. The fourth-order valence-corrected chi connectivity index (χ4v) is 2.25. The molecule has 0 saturated carbocycles. The first-order valence-corrected chi connectivity index (χ1v) is 7.12. The molecule has 0 aromatic carbocycles. The second kappa shape index (κ2) is 7.17. The van der Waals surface area contributed by atoms with Crippen molar-refractivity contribution < 1.29 is 18.3 Å². The largest absolute Gasteiger partial charge is 0.395 e. The molecule has 0 aliphatic carbocycles. The predicted molar refractivity (Wildman–Crippen MR) is 68.3 cm³/mol. The van der Waals surface area contributed by atoms with Gasteiger partial charge in [-0.25, -0.2) is 18.1 Å². The van der Waals surface area contributed by atoms with Crippen LogP contribution in [-0.2, 0) is 14.8 Å². The molecule has 1 heterocycles. The van der Waals surface area contributed by atoms with E-state index in [2.05, 4.69) is 9.71 Å². The van der Waals surface area contributed by atoms with Crippen LogP contribution < -0.4 is 10.5 Å². The molecule has 1 amide bonds. The second-order valence-electron chi connectivity index (χ2n) is 3.76. The number of aromatic nitrogens is 1. The molecule has 1 rings (SSSR count). The van der Waals surface area contributed by atoms with Crippen LogP contribution in [0.2, 0.25) is 0 Å². The van der Waals surface area contributed by atoms with Crippen LogP contribution in [0.1, 0.15) is 18.4 Å². The lowest BCUT2D eigenvalue weighted by molar-refractivity contribution is -0.117. The van der Waals surface area contributed by atoms with Gasteiger partial charge in [-0.1, -0.05) is 6.07 Å². The van der Waals surface area contributed by atoms with Gasteiger partial charge in [0.2, 0.25) is 5.91 Å². The molecule has 0 bridgehead atoms. The van der Waals surface area contributed by atoms with Crippen LogP contribution in [0, 0.1) is 6.42 Å². The molecule has 4 N–H and O–H groups in total. The molecule has 0 saturated heterocycles. The number of pyridine rings is 1. The van der Waals surface area contributed by atoms with Crippen molar-refractivity contribution in [3.63, 3.8) is 0 Å². The maximum absolute atomic E-state index is 11.6. The summed E-state index contributed by atoms with van der Waals surface area (Å²) in [6.45, 7) is -0.339. The van der Waals surface area contributed by atoms with Crippen LogP contribution in [0.4, 0.5) is 0 Å². The number of nitrogens with zero attached hydrogens (tertiary/aromatic N) is 1. The van der Waals surface area contributed by atoms with Gasteiger partial charge in [-0.05, 0) is 24.5 Å². The van der Waals surface area contributed by atoms with E-state index in [4.69, 9.17) is 10.8 Å². The Morgan fingerprint density at radius 3 is 2.74 bits per heavy atom. The Kier molecular flexibility index (Phi) is 5.87.